The molecule has 110 valence electrons. The number of likely N-dealkylation sites (tertiary alicyclic amines) is 1. The molecule has 0 aliphatic carbocycles. The number of nitrogens with zero attached hydrogens (tertiary/aromatic N) is 3. The minimum Gasteiger partial charge on any atom is -0.316 e. The average molecular weight is 266 g/mol. The smallest absolute Gasteiger partial charge is 0.0110 e. The standard InChI is InChI=1S/C15H30N4/c1-17-6-8-19(9-7-17)12-14-2-4-18(5-3-14)13-15-10-16-11-15/h14-16H,2-13H2,1H3. The Labute approximate surface area is 118 Å². The van der Waals surface area contributed by atoms with Crippen LogP contribution in [0.4, 0.5) is 0 Å². The van der Waals surface area contributed by atoms with Gasteiger partial charge in [-0.25, -0.2) is 0 Å². The molecule has 3 heterocycles. The van der Waals surface area contributed by atoms with Gasteiger partial charge in [0.1, 0.15) is 0 Å². The minimum absolute atomic E-state index is 0.939. The summed E-state index contributed by atoms with van der Waals surface area (Å²) in [4.78, 5) is 7.84. The fourth-order valence-corrected chi connectivity index (χ4v) is 3.59. The van der Waals surface area contributed by atoms with E-state index in [1.807, 2.05) is 0 Å². The summed E-state index contributed by atoms with van der Waals surface area (Å²) in [5, 5.41) is 3.38. The first kappa shape index (κ1) is 13.8. The zero-order valence-corrected chi connectivity index (χ0v) is 12.5. The Balaban J connectivity index is 1.33. The normalized spacial score (nSPS) is 29.5. The van der Waals surface area contributed by atoms with Crippen molar-refractivity contribution in [1.82, 2.24) is 20.0 Å². The van der Waals surface area contributed by atoms with E-state index in [0.29, 0.717) is 0 Å². The van der Waals surface area contributed by atoms with Crippen LogP contribution in [0.3, 0.4) is 0 Å². The van der Waals surface area contributed by atoms with Gasteiger partial charge in [0.25, 0.3) is 0 Å². The second kappa shape index (κ2) is 6.53. The Kier molecular flexibility index (Phi) is 4.74. The summed E-state index contributed by atoms with van der Waals surface area (Å²) in [7, 11) is 2.24. The van der Waals surface area contributed by atoms with E-state index < -0.39 is 0 Å². The summed E-state index contributed by atoms with van der Waals surface area (Å²) in [5.41, 5.74) is 0. The molecule has 0 atom stereocenters. The maximum Gasteiger partial charge on any atom is 0.0110 e. The van der Waals surface area contributed by atoms with E-state index in [4.69, 9.17) is 0 Å². The molecule has 3 saturated heterocycles. The highest BCUT2D eigenvalue weighted by Crippen LogP contribution is 2.20. The van der Waals surface area contributed by atoms with Gasteiger partial charge in [-0.15, -0.1) is 0 Å². The first-order chi connectivity index (χ1) is 9.29. The predicted molar refractivity (Wildman–Crippen MR) is 79.5 cm³/mol. The monoisotopic (exact) mass is 266 g/mol. The summed E-state index contributed by atoms with van der Waals surface area (Å²) < 4.78 is 0. The van der Waals surface area contributed by atoms with Gasteiger partial charge in [-0.3, -0.25) is 0 Å². The Bertz CT molecular complexity index is 263. The first-order valence-electron chi connectivity index (χ1n) is 8.13. The Morgan fingerprint density at radius 2 is 1.37 bits per heavy atom. The second-order valence-electron chi connectivity index (χ2n) is 6.87. The van der Waals surface area contributed by atoms with Crippen LogP contribution in [0, 0.1) is 11.8 Å². The molecular weight excluding hydrogens is 236 g/mol. The highest BCUT2D eigenvalue weighted by atomic mass is 15.2. The predicted octanol–water partition coefficient (Wildman–Crippen LogP) is 0.165. The third-order valence-electron chi connectivity index (χ3n) is 5.20. The highest BCUT2D eigenvalue weighted by molar-refractivity contribution is 4.82. The fraction of sp³-hybridized carbons (Fsp3) is 1.00. The maximum absolute atomic E-state index is 3.38. The Morgan fingerprint density at radius 3 is 1.95 bits per heavy atom. The van der Waals surface area contributed by atoms with E-state index in [1.165, 1.54) is 78.3 Å². The summed E-state index contributed by atoms with van der Waals surface area (Å²) >= 11 is 0. The summed E-state index contributed by atoms with van der Waals surface area (Å²) in [6, 6.07) is 0. The number of rotatable bonds is 4. The molecule has 1 N–H and O–H groups in total. The van der Waals surface area contributed by atoms with Gasteiger partial charge in [-0.05, 0) is 44.8 Å². The van der Waals surface area contributed by atoms with Crippen molar-refractivity contribution < 1.29 is 0 Å². The fourth-order valence-electron chi connectivity index (χ4n) is 3.59. The van der Waals surface area contributed by atoms with Crippen molar-refractivity contribution in [2.45, 2.75) is 12.8 Å². The quantitative estimate of drug-likeness (QED) is 0.783. The van der Waals surface area contributed by atoms with Crippen molar-refractivity contribution in [2.75, 3.05) is 72.5 Å². The molecule has 3 rings (SSSR count). The topological polar surface area (TPSA) is 21.8 Å². The SMILES string of the molecule is CN1CCN(CC2CCN(CC3CNC3)CC2)CC1. The lowest BCUT2D eigenvalue weighted by molar-refractivity contribution is 0.0952. The van der Waals surface area contributed by atoms with Crippen LogP contribution in [0.25, 0.3) is 0 Å². The van der Waals surface area contributed by atoms with Crippen LogP contribution < -0.4 is 5.32 Å². The third-order valence-corrected chi connectivity index (χ3v) is 5.20. The molecule has 0 unspecified atom stereocenters. The van der Waals surface area contributed by atoms with Gasteiger partial charge in [0.15, 0.2) is 0 Å². The Hall–Kier alpha value is -0.160. The first-order valence-corrected chi connectivity index (χ1v) is 8.13. The summed E-state index contributed by atoms with van der Waals surface area (Å²) in [6.07, 6.45) is 2.85. The van der Waals surface area contributed by atoms with Crippen molar-refractivity contribution in [3.8, 4) is 0 Å². The van der Waals surface area contributed by atoms with Gasteiger partial charge >= 0.3 is 0 Å². The van der Waals surface area contributed by atoms with Crippen LogP contribution in [-0.2, 0) is 0 Å². The van der Waals surface area contributed by atoms with E-state index in [2.05, 4.69) is 27.1 Å². The lowest BCUT2D eigenvalue weighted by atomic mass is 9.94. The second-order valence-corrected chi connectivity index (χ2v) is 6.87. The summed E-state index contributed by atoms with van der Waals surface area (Å²) in [5.74, 6) is 1.90. The molecule has 4 nitrogen and oxygen atoms in total. The number of hydrogen-bond acceptors (Lipinski definition) is 4. The minimum atomic E-state index is 0.939. The number of piperidine rings is 1. The largest absolute Gasteiger partial charge is 0.316 e. The van der Waals surface area contributed by atoms with Crippen molar-refractivity contribution in [2.24, 2.45) is 11.8 Å². The van der Waals surface area contributed by atoms with Crippen LogP contribution in [0.5, 0.6) is 0 Å². The number of hydrogen-bond donors (Lipinski definition) is 1. The van der Waals surface area contributed by atoms with Gasteiger partial charge in [0.2, 0.25) is 0 Å². The van der Waals surface area contributed by atoms with E-state index in [1.54, 1.807) is 0 Å². The molecule has 19 heavy (non-hydrogen) atoms. The lowest BCUT2D eigenvalue weighted by Gasteiger charge is -2.40. The van der Waals surface area contributed by atoms with E-state index in [9.17, 15) is 0 Å². The number of nitrogens with one attached hydrogen (secondary N) is 1. The van der Waals surface area contributed by atoms with E-state index >= 15 is 0 Å². The van der Waals surface area contributed by atoms with Crippen LogP contribution in [0.15, 0.2) is 0 Å². The molecule has 0 spiro atoms. The molecule has 0 amide bonds. The van der Waals surface area contributed by atoms with Gasteiger partial charge in [-0.2, -0.15) is 0 Å². The van der Waals surface area contributed by atoms with Crippen molar-refractivity contribution in [3.05, 3.63) is 0 Å². The highest BCUT2D eigenvalue weighted by Gasteiger charge is 2.26. The molecule has 3 aliphatic heterocycles. The molecule has 0 saturated carbocycles. The van der Waals surface area contributed by atoms with Crippen molar-refractivity contribution >= 4 is 0 Å². The number of likely N-dealkylation sites (N-methyl/N-ethyl adjacent to an activating group) is 1. The molecule has 0 aromatic heterocycles. The third kappa shape index (κ3) is 3.91. The van der Waals surface area contributed by atoms with Gasteiger partial charge in [-0.1, -0.05) is 0 Å². The molecule has 0 aromatic rings. The molecule has 0 bridgehead atoms. The molecule has 3 aliphatic rings. The van der Waals surface area contributed by atoms with E-state index in [0.717, 1.165) is 11.8 Å². The van der Waals surface area contributed by atoms with Gasteiger partial charge in [0.05, 0.1) is 0 Å². The molecule has 0 radical (unpaired) electrons. The van der Waals surface area contributed by atoms with Crippen molar-refractivity contribution in [1.29, 1.82) is 0 Å². The Morgan fingerprint density at radius 1 is 0.789 bits per heavy atom. The van der Waals surface area contributed by atoms with Crippen molar-refractivity contribution in [3.63, 3.8) is 0 Å². The zero-order valence-electron chi connectivity index (χ0n) is 12.5. The zero-order chi connectivity index (χ0) is 13.1. The average Bonchev–Trinajstić information content (AvgIpc) is 2.38. The molecule has 3 fully saturated rings. The van der Waals surface area contributed by atoms with Gasteiger partial charge < -0.3 is 20.0 Å². The molecular formula is C15H30N4. The molecule has 0 aromatic carbocycles. The maximum atomic E-state index is 3.38. The van der Waals surface area contributed by atoms with Crippen LogP contribution in [0.2, 0.25) is 0 Å². The summed E-state index contributed by atoms with van der Waals surface area (Å²) in [6.45, 7) is 13.0. The molecule has 4 heteroatoms. The van der Waals surface area contributed by atoms with Crippen LogP contribution in [-0.4, -0.2) is 87.2 Å². The van der Waals surface area contributed by atoms with Crippen LogP contribution in [0.1, 0.15) is 12.8 Å². The lowest BCUT2D eigenvalue weighted by Crippen LogP contribution is -2.51. The number of piperazine rings is 1. The van der Waals surface area contributed by atoms with Gasteiger partial charge in [0, 0.05) is 52.4 Å². The van der Waals surface area contributed by atoms with E-state index in [-0.39, 0.29) is 0 Å². The van der Waals surface area contributed by atoms with Crippen LogP contribution >= 0.6 is 0 Å².